The van der Waals surface area contributed by atoms with Gasteiger partial charge in [-0.1, -0.05) is 19.8 Å². The van der Waals surface area contributed by atoms with Gasteiger partial charge in [-0.15, -0.1) is 0 Å². The van der Waals surface area contributed by atoms with E-state index in [1.165, 1.54) is 44.9 Å². The zero-order valence-electron chi connectivity index (χ0n) is 11.2. The summed E-state index contributed by atoms with van der Waals surface area (Å²) in [6, 6.07) is 0.981. The second kappa shape index (κ2) is 5.85. The van der Waals surface area contributed by atoms with Crippen LogP contribution in [0.3, 0.4) is 0 Å². The van der Waals surface area contributed by atoms with Gasteiger partial charge < -0.3 is 10.6 Å². The molecule has 3 atom stereocenters. The fourth-order valence-electron chi connectivity index (χ4n) is 2.64. The SMILES string of the molecule is CC1CCCC(NC(C)C(=O)NC2CC2)CC1. The standard InChI is InChI=1S/C14H26N2O/c1-10-4-3-5-12(7-6-10)15-11(2)14(17)16-13-8-9-13/h10-13,15H,3-9H2,1-2H3,(H,16,17). The van der Waals surface area contributed by atoms with Crippen molar-refractivity contribution in [3.63, 3.8) is 0 Å². The van der Waals surface area contributed by atoms with Crippen LogP contribution in [-0.2, 0) is 4.79 Å². The lowest BCUT2D eigenvalue weighted by molar-refractivity contribution is -0.123. The maximum Gasteiger partial charge on any atom is 0.237 e. The Hall–Kier alpha value is -0.570. The largest absolute Gasteiger partial charge is 0.352 e. The van der Waals surface area contributed by atoms with Crippen LogP contribution in [0, 0.1) is 5.92 Å². The highest BCUT2D eigenvalue weighted by Crippen LogP contribution is 2.23. The Morgan fingerprint density at radius 3 is 2.47 bits per heavy atom. The van der Waals surface area contributed by atoms with E-state index in [-0.39, 0.29) is 11.9 Å². The number of hydrogen-bond acceptors (Lipinski definition) is 2. The Morgan fingerprint density at radius 1 is 1.06 bits per heavy atom. The maximum absolute atomic E-state index is 11.8. The third-order valence-corrected chi connectivity index (χ3v) is 4.06. The van der Waals surface area contributed by atoms with Crippen LogP contribution in [0.2, 0.25) is 0 Å². The van der Waals surface area contributed by atoms with E-state index in [9.17, 15) is 4.79 Å². The number of carbonyl (C=O) groups is 1. The van der Waals surface area contributed by atoms with Crippen molar-refractivity contribution < 1.29 is 4.79 Å². The van der Waals surface area contributed by atoms with Gasteiger partial charge in [-0.05, 0) is 44.9 Å². The maximum atomic E-state index is 11.8. The summed E-state index contributed by atoms with van der Waals surface area (Å²) in [5.41, 5.74) is 0. The van der Waals surface area contributed by atoms with Gasteiger partial charge in [0.25, 0.3) is 0 Å². The molecule has 2 rings (SSSR count). The van der Waals surface area contributed by atoms with E-state index in [4.69, 9.17) is 0 Å². The summed E-state index contributed by atoms with van der Waals surface area (Å²) in [5.74, 6) is 1.04. The summed E-state index contributed by atoms with van der Waals surface area (Å²) >= 11 is 0. The van der Waals surface area contributed by atoms with Gasteiger partial charge >= 0.3 is 0 Å². The van der Waals surface area contributed by atoms with Gasteiger partial charge in [0.2, 0.25) is 5.91 Å². The summed E-state index contributed by atoms with van der Waals surface area (Å²) in [5, 5.41) is 6.57. The lowest BCUT2D eigenvalue weighted by Gasteiger charge is -2.21. The minimum atomic E-state index is -0.0333. The van der Waals surface area contributed by atoms with Gasteiger partial charge in [0.05, 0.1) is 6.04 Å². The summed E-state index contributed by atoms with van der Waals surface area (Å²) in [6.45, 7) is 4.33. The highest BCUT2D eigenvalue weighted by atomic mass is 16.2. The number of carbonyl (C=O) groups excluding carboxylic acids is 1. The summed E-state index contributed by atoms with van der Waals surface area (Å²) in [7, 11) is 0. The van der Waals surface area contributed by atoms with Crippen LogP contribution in [-0.4, -0.2) is 24.0 Å². The molecule has 0 aromatic carbocycles. The van der Waals surface area contributed by atoms with E-state index in [0.717, 1.165) is 5.92 Å². The molecule has 0 aliphatic heterocycles. The number of rotatable bonds is 4. The van der Waals surface area contributed by atoms with Crippen molar-refractivity contribution in [2.75, 3.05) is 0 Å². The highest BCUT2D eigenvalue weighted by molar-refractivity contribution is 5.81. The molecule has 3 nitrogen and oxygen atoms in total. The minimum absolute atomic E-state index is 0.0333. The average molecular weight is 238 g/mol. The first-order valence-corrected chi connectivity index (χ1v) is 7.21. The van der Waals surface area contributed by atoms with Crippen LogP contribution in [0.1, 0.15) is 58.8 Å². The monoisotopic (exact) mass is 238 g/mol. The Morgan fingerprint density at radius 2 is 1.76 bits per heavy atom. The Bertz CT molecular complexity index is 263. The van der Waals surface area contributed by atoms with Gasteiger partial charge in [0.1, 0.15) is 0 Å². The van der Waals surface area contributed by atoms with Crippen molar-refractivity contribution in [3.8, 4) is 0 Å². The summed E-state index contributed by atoms with van der Waals surface area (Å²) < 4.78 is 0. The first-order chi connectivity index (χ1) is 8.15. The minimum Gasteiger partial charge on any atom is -0.352 e. The first kappa shape index (κ1) is 12.9. The van der Waals surface area contributed by atoms with Gasteiger partial charge in [-0.2, -0.15) is 0 Å². The third kappa shape index (κ3) is 4.30. The predicted molar refractivity (Wildman–Crippen MR) is 69.8 cm³/mol. The van der Waals surface area contributed by atoms with Crippen molar-refractivity contribution in [1.29, 1.82) is 0 Å². The lowest BCUT2D eigenvalue weighted by atomic mass is 10.0. The molecule has 2 saturated carbocycles. The molecule has 0 bridgehead atoms. The highest BCUT2D eigenvalue weighted by Gasteiger charge is 2.26. The quantitative estimate of drug-likeness (QED) is 0.737. The lowest BCUT2D eigenvalue weighted by Crippen LogP contribution is -2.47. The van der Waals surface area contributed by atoms with Crippen molar-refractivity contribution in [1.82, 2.24) is 10.6 Å². The fraction of sp³-hybridized carbons (Fsp3) is 0.929. The molecule has 2 aliphatic carbocycles. The van der Waals surface area contributed by atoms with E-state index in [1.54, 1.807) is 0 Å². The molecule has 3 heteroatoms. The topological polar surface area (TPSA) is 41.1 Å². The molecule has 0 aromatic rings. The normalized spacial score (nSPS) is 31.6. The van der Waals surface area contributed by atoms with Crippen molar-refractivity contribution >= 4 is 5.91 Å². The third-order valence-electron chi connectivity index (χ3n) is 4.06. The van der Waals surface area contributed by atoms with E-state index in [1.807, 2.05) is 6.92 Å². The Kier molecular flexibility index (Phi) is 4.43. The molecule has 2 aliphatic rings. The number of hydrogen-bond donors (Lipinski definition) is 2. The van der Waals surface area contributed by atoms with Gasteiger partial charge in [0, 0.05) is 12.1 Å². The van der Waals surface area contributed by atoms with Gasteiger partial charge in [-0.25, -0.2) is 0 Å². The molecule has 98 valence electrons. The molecule has 2 N–H and O–H groups in total. The van der Waals surface area contributed by atoms with Crippen molar-refractivity contribution in [2.45, 2.75) is 76.9 Å². The average Bonchev–Trinajstić information content (AvgIpc) is 3.09. The smallest absolute Gasteiger partial charge is 0.237 e. The van der Waals surface area contributed by atoms with Crippen LogP contribution in [0.15, 0.2) is 0 Å². The molecule has 0 radical (unpaired) electrons. The van der Waals surface area contributed by atoms with E-state index >= 15 is 0 Å². The van der Waals surface area contributed by atoms with Crippen LogP contribution in [0.5, 0.6) is 0 Å². The molecule has 3 unspecified atom stereocenters. The predicted octanol–water partition coefficient (Wildman–Crippen LogP) is 2.21. The molecule has 0 saturated heterocycles. The molecule has 17 heavy (non-hydrogen) atoms. The second-order valence-electron chi connectivity index (χ2n) is 5.98. The van der Waals surface area contributed by atoms with E-state index < -0.39 is 0 Å². The van der Waals surface area contributed by atoms with Gasteiger partial charge in [-0.3, -0.25) is 4.79 Å². The fourth-order valence-corrected chi connectivity index (χ4v) is 2.64. The zero-order chi connectivity index (χ0) is 12.3. The number of amides is 1. The van der Waals surface area contributed by atoms with E-state index in [0.29, 0.717) is 12.1 Å². The van der Waals surface area contributed by atoms with Crippen LogP contribution in [0.4, 0.5) is 0 Å². The molecule has 0 aromatic heterocycles. The molecule has 0 spiro atoms. The Labute approximate surface area is 105 Å². The van der Waals surface area contributed by atoms with Crippen molar-refractivity contribution in [3.05, 3.63) is 0 Å². The number of nitrogens with one attached hydrogen (secondary N) is 2. The molecule has 1 amide bonds. The van der Waals surface area contributed by atoms with Crippen LogP contribution in [0.25, 0.3) is 0 Å². The van der Waals surface area contributed by atoms with Crippen LogP contribution < -0.4 is 10.6 Å². The van der Waals surface area contributed by atoms with E-state index in [2.05, 4.69) is 17.6 Å². The molecule has 0 heterocycles. The Balaban J connectivity index is 1.72. The van der Waals surface area contributed by atoms with Gasteiger partial charge in [0.15, 0.2) is 0 Å². The molecular weight excluding hydrogens is 212 g/mol. The first-order valence-electron chi connectivity index (χ1n) is 7.21. The molecule has 2 fully saturated rings. The van der Waals surface area contributed by atoms with Crippen molar-refractivity contribution in [2.24, 2.45) is 5.92 Å². The van der Waals surface area contributed by atoms with Crippen LogP contribution >= 0.6 is 0 Å². The zero-order valence-corrected chi connectivity index (χ0v) is 11.2. The molecular formula is C14H26N2O. The summed E-state index contributed by atoms with van der Waals surface area (Å²) in [6.07, 6.45) is 8.73. The second-order valence-corrected chi connectivity index (χ2v) is 5.98. The summed E-state index contributed by atoms with van der Waals surface area (Å²) in [4.78, 5) is 11.8.